The molecule has 208 valence electrons. The molecule has 5 rings (SSSR count). The fourth-order valence-corrected chi connectivity index (χ4v) is 9.92. The van der Waals surface area contributed by atoms with Gasteiger partial charge in [-0.2, -0.15) is 0 Å². The first-order chi connectivity index (χ1) is 18.7. The molecule has 0 aliphatic carbocycles. The predicted molar refractivity (Wildman–Crippen MR) is 156 cm³/mol. The summed E-state index contributed by atoms with van der Waals surface area (Å²) < 4.78 is 4.75. The zero-order chi connectivity index (χ0) is 27.9. The van der Waals surface area contributed by atoms with Gasteiger partial charge in [0.05, 0.1) is 23.2 Å². The van der Waals surface area contributed by atoms with E-state index in [1.54, 1.807) is 40.9 Å². The van der Waals surface area contributed by atoms with Crippen LogP contribution in [0.15, 0.2) is 42.5 Å². The third-order valence-corrected chi connectivity index (χ3v) is 11.2. The topological polar surface area (TPSA) is 108 Å². The van der Waals surface area contributed by atoms with E-state index < -0.39 is 22.6 Å². The van der Waals surface area contributed by atoms with Crippen molar-refractivity contribution in [1.82, 2.24) is 4.90 Å². The number of benzene rings is 2. The summed E-state index contributed by atoms with van der Waals surface area (Å²) in [5, 5.41) is 15.5. The van der Waals surface area contributed by atoms with Crippen LogP contribution in [0.4, 0.5) is 11.4 Å². The molecule has 3 aliphatic rings. The molecule has 2 bridgehead atoms. The van der Waals surface area contributed by atoms with E-state index in [1.165, 1.54) is 0 Å². The minimum absolute atomic E-state index is 0.0172. The van der Waals surface area contributed by atoms with Crippen molar-refractivity contribution >= 4 is 56.8 Å². The van der Waals surface area contributed by atoms with Crippen LogP contribution >= 0.6 is 27.7 Å². The SMILES string of the molecule is CCOc1ccc(NC(=O)[C@H]2[C@H]3C(=O)N(CCCO)C(C(=O)Nc4cc(C)ccc4C)C34CC(Br)[C@@H]2S4)cc1. The fraction of sp³-hybridized carbons (Fsp3) is 0.483. The molecule has 0 aromatic heterocycles. The van der Waals surface area contributed by atoms with Crippen molar-refractivity contribution in [2.24, 2.45) is 11.8 Å². The number of hydrogen-bond acceptors (Lipinski definition) is 6. The molecule has 1 spiro atoms. The maximum Gasteiger partial charge on any atom is 0.248 e. The lowest BCUT2D eigenvalue weighted by Crippen LogP contribution is -2.53. The van der Waals surface area contributed by atoms with Crippen molar-refractivity contribution in [2.45, 2.75) is 54.5 Å². The van der Waals surface area contributed by atoms with Crippen LogP contribution in [-0.2, 0) is 14.4 Å². The van der Waals surface area contributed by atoms with Crippen LogP contribution in [0, 0.1) is 25.7 Å². The lowest BCUT2D eigenvalue weighted by molar-refractivity contribution is -0.138. The molecule has 8 nitrogen and oxygen atoms in total. The van der Waals surface area contributed by atoms with E-state index in [9.17, 15) is 19.5 Å². The highest BCUT2D eigenvalue weighted by atomic mass is 79.9. The predicted octanol–water partition coefficient (Wildman–Crippen LogP) is 4.13. The molecule has 3 amide bonds. The van der Waals surface area contributed by atoms with Gasteiger partial charge in [0.1, 0.15) is 11.8 Å². The molecular weight excluding hydrogens is 582 g/mol. The number of alkyl halides is 1. The van der Waals surface area contributed by atoms with Crippen LogP contribution in [0.1, 0.15) is 30.9 Å². The van der Waals surface area contributed by atoms with Gasteiger partial charge in [0.15, 0.2) is 0 Å². The van der Waals surface area contributed by atoms with E-state index in [0.29, 0.717) is 36.6 Å². The molecule has 3 heterocycles. The Kier molecular flexibility index (Phi) is 7.99. The van der Waals surface area contributed by atoms with Crippen molar-refractivity contribution in [3.63, 3.8) is 0 Å². The van der Waals surface area contributed by atoms with Gasteiger partial charge in [0.25, 0.3) is 0 Å². The summed E-state index contributed by atoms with van der Waals surface area (Å²) >= 11 is 5.38. The van der Waals surface area contributed by atoms with Crippen LogP contribution < -0.4 is 15.4 Å². The molecule has 6 atom stereocenters. The minimum Gasteiger partial charge on any atom is -0.494 e. The van der Waals surface area contributed by atoms with E-state index >= 15 is 0 Å². The normalized spacial score (nSPS) is 28.9. The van der Waals surface area contributed by atoms with E-state index in [1.807, 2.05) is 39.0 Å². The molecule has 39 heavy (non-hydrogen) atoms. The van der Waals surface area contributed by atoms with Crippen LogP contribution in [-0.4, -0.2) is 68.4 Å². The van der Waals surface area contributed by atoms with Crippen LogP contribution in [0.5, 0.6) is 5.75 Å². The van der Waals surface area contributed by atoms with Crippen molar-refractivity contribution in [3.05, 3.63) is 53.6 Å². The van der Waals surface area contributed by atoms with Crippen molar-refractivity contribution < 1.29 is 24.2 Å². The van der Waals surface area contributed by atoms with Gasteiger partial charge < -0.3 is 25.4 Å². The maximum atomic E-state index is 14.0. The summed E-state index contributed by atoms with van der Waals surface area (Å²) in [7, 11) is 0. The Morgan fingerprint density at radius 2 is 1.90 bits per heavy atom. The summed E-state index contributed by atoms with van der Waals surface area (Å²) in [5.41, 5.74) is 3.30. The lowest BCUT2D eigenvalue weighted by Gasteiger charge is -2.35. The molecule has 2 aromatic rings. The van der Waals surface area contributed by atoms with Gasteiger partial charge in [0, 0.05) is 34.6 Å². The zero-order valence-electron chi connectivity index (χ0n) is 22.3. The summed E-state index contributed by atoms with van der Waals surface area (Å²) in [6.45, 7) is 6.53. The Morgan fingerprint density at radius 1 is 1.15 bits per heavy atom. The average Bonchev–Trinajstić information content (AvgIpc) is 3.49. The van der Waals surface area contributed by atoms with Crippen LogP contribution in [0.2, 0.25) is 0 Å². The zero-order valence-corrected chi connectivity index (χ0v) is 24.7. The molecule has 0 saturated carbocycles. The molecule has 0 radical (unpaired) electrons. The lowest BCUT2D eigenvalue weighted by atomic mass is 9.70. The first-order valence-electron chi connectivity index (χ1n) is 13.3. The number of nitrogens with zero attached hydrogens (tertiary/aromatic N) is 1. The third kappa shape index (κ3) is 4.95. The number of thioether (sulfide) groups is 1. The first kappa shape index (κ1) is 28.0. The Balaban J connectivity index is 1.45. The number of likely N-dealkylation sites (tertiary alicyclic amines) is 1. The summed E-state index contributed by atoms with van der Waals surface area (Å²) in [6, 6.07) is 12.3. The van der Waals surface area contributed by atoms with Gasteiger partial charge in [-0.05, 0) is 75.1 Å². The number of hydrogen-bond donors (Lipinski definition) is 3. The molecule has 3 aliphatic heterocycles. The fourth-order valence-electron chi connectivity index (χ4n) is 6.31. The van der Waals surface area contributed by atoms with Gasteiger partial charge in [-0.1, -0.05) is 28.1 Å². The second-order valence-corrected chi connectivity index (χ2v) is 13.2. The number of amides is 3. The molecule has 2 aromatic carbocycles. The van der Waals surface area contributed by atoms with Gasteiger partial charge >= 0.3 is 0 Å². The number of nitrogens with one attached hydrogen (secondary N) is 2. The van der Waals surface area contributed by atoms with Crippen molar-refractivity contribution in [3.8, 4) is 5.75 Å². The third-order valence-electron chi connectivity index (χ3n) is 7.98. The average molecular weight is 617 g/mol. The molecule has 3 fully saturated rings. The highest BCUT2D eigenvalue weighted by Crippen LogP contribution is 2.67. The summed E-state index contributed by atoms with van der Waals surface area (Å²) in [6.07, 6.45) is 0.961. The summed E-state index contributed by atoms with van der Waals surface area (Å²) in [4.78, 5) is 43.3. The Labute approximate surface area is 241 Å². The van der Waals surface area contributed by atoms with Gasteiger partial charge in [-0.25, -0.2) is 0 Å². The first-order valence-corrected chi connectivity index (χ1v) is 15.1. The number of aliphatic hydroxyl groups excluding tert-OH is 1. The van der Waals surface area contributed by atoms with E-state index in [4.69, 9.17) is 4.74 Å². The highest BCUT2D eigenvalue weighted by molar-refractivity contribution is 9.09. The van der Waals surface area contributed by atoms with Gasteiger partial charge in [-0.3, -0.25) is 14.4 Å². The number of carbonyl (C=O) groups excluding carboxylic acids is 3. The monoisotopic (exact) mass is 615 g/mol. The van der Waals surface area contributed by atoms with Gasteiger partial charge in [-0.15, -0.1) is 11.8 Å². The minimum atomic E-state index is -0.750. The number of aryl methyl sites for hydroxylation is 2. The second kappa shape index (κ2) is 11.1. The van der Waals surface area contributed by atoms with Crippen molar-refractivity contribution in [1.29, 1.82) is 0 Å². The highest BCUT2D eigenvalue weighted by Gasteiger charge is 2.75. The number of carbonyl (C=O) groups is 3. The largest absolute Gasteiger partial charge is 0.494 e. The number of ether oxygens (including phenoxy) is 1. The number of halogens is 1. The number of fused-ring (bicyclic) bond motifs is 1. The summed E-state index contributed by atoms with van der Waals surface area (Å²) in [5.74, 6) is -1.17. The van der Waals surface area contributed by atoms with Crippen LogP contribution in [0.3, 0.4) is 0 Å². The van der Waals surface area contributed by atoms with E-state index in [0.717, 1.165) is 11.1 Å². The number of rotatable bonds is 9. The quantitative estimate of drug-likeness (QED) is 0.366. The molecule has 3 N–H and O–H groups in total. The van der Waals surface area contributed by atoms with Crippen molar-refractivity contribution in [2.75, 3.05) is 30.4 Å². The Hall–Kier alpha value is -2.56. The number of anilines is 2. The van der Waals surface area contributed by atoms with E-state index in [-0.39, 0.29) is 41.0 Å². The standard InChI is InChI=1S/C29H34BrN3O5S/c1-4-38-19-10-8-18(9-11-19)31-26(35)22-23-28(37)33(12-5-13-34)25(29(23)15-20(30)24(22)39-29)27(36)32-21-14-16(2)6-7-17(21)3/h6-11,14,20,22-25,34H,4-5,12-13,15H2,1-3H3,(H,31,35)(H,32,36)/t20?,22-,23-,24-,25?,29?/m0/s1. The Morgan fingerprint density at radius 3 is 2.59 bits per heavy atom. The smallest absolute Gasteiger partial charge is 0.248 e. The number of aliphatic hydroxyl groups is 1. The van der Waals surface area contributed by atoms with E-state index in [2.05, 4.69) is 26.6 Å². The van der Waals surface area contributed by atoms with Gasteiger partial charge in [0.2, 0.25) is 17.7 Å². The molecular formula is C29H34BrN3O5S. The Bertz CT molecular complexity index is 1270. The maximum absolute atomic E-state index is 14.0. The molecule has 10 heteroatoms. The molecule has 3 unspecified atom stereocenters. The van der Waals surface area contributed by atoms with Crippen LogP contribution in [0.25, 0.3) is 0 Å². The molecule has 3 saturated heterocycles. The second-order valence-electron chi connectivity index (χ2n) is 10.5.